The van der Waals surface area contributed by atoms with Crippen molar-refractivity contribution < 1.29 is 4.79 Å². The zero-order chi connectivity index (χ0) is 6.85. The Labute approximate surface area is 54.8 Å². The molecule has 0 radical (unpaired) electrons. The summed E-state index contributed by atoms with van der Waals surface area (Å²) in [7, 11) is 0. The van der Waals surface area contributed by atoms with Gasteiger partial charge in [0.15, 0.2) is 5.78 Å². The lowest BCUT2D eigenvalue weighted by Gasteiger charge is -1.96. The van der Waals surface area contributed by atoms with Gasteiger partial charge in [0.05, 0.1) is 0 Å². The molecule has 1 aliphatic carbocycles. The first-order chi connectivity index (χ1) is 4.24. The minimum absolute atomic E-state index is 0.162. The second-order valence-electron chi connectivity index (χ2n) is 2.32. The number of ketones is 1. The van der Waals surface area contributed by atoms with Crippen LogP contribution in [0.4, 0.5) is 0 Å². The van der Waals surface area contributed by atoms with E-state index in [1.165, 1.54) is 0 Å². The Kier molecular flexibility index (Phi) is 1.40. The molecule has 0 bridgehead atoms. The van der Waals surface area contributed by atoms with Crippen LogP contribution in [0, 0.1) is 18.3 Å². The fraction of sp³-hybridized carbons (Fsp3) is 0.375. The van der Waals surface area contributed by atoms with E-state index in [0.717, 1.165) is 5.57 Å². The highest BCUT2D eigenvalue weighted by Gasteiger charge is 2.18. The molecule has 1 atom stereocenters. The first kappa shape index (κ1) is 6.10. The fourth-order valence-corrected chi connectivity index (χ4v) is 0.970. The first-order valence-corrected chi connectivity index (χ1v) is 2.95. The van der Waals surface area contributed by atoms with E-state index in [4.69, 9.17) is 6.42 Å². The van der Waals surface area contributed by atoms with E-state index in [-0.39, 0.29) is 11.7 Å². The summed E-state index contributed by atoms with van der Waals surface area (Å²) in [4.78, 5) is 10.7. The predicted molar refractivity (Wildman–Crippen MR) is 35.7 cm³/mol. The quantitative estimate of drug-likeness (QED) is 0.438. The number of allylic oxidation sites excluding steroid dienone is 2. The number of terminal acetylenes is 1. The van der Waals surface area contributed by atoms with Crippen LogP contribution >= 0.6 is 0 Å². The average molecular weight is 120 g/mol. The van der Waals surface area contributed by atoms with Gasteiger partial charge in [0.1, 0.15) is 0 Å². The van der Waals surface area contributed by atoms with Crippen LogP contribution in [0.1, 0.15) is 13.3 Å². The van der Waals surface area contributed by atoms with Gasteiger partial charge in [-0.25, -0.2) is 0 Å². The average Bonchev–Trinajstić information content (AvgIpc) is 2.10. The summed E-state index contributed by atoms with van der Waals surface area (Å²) in [5.41, 5.74) is 0.847. The maximum absolute atomic E-state index is 10.7. The Morgan fingerprint density at radius 3 is 2.78 bits per heavy atom. The Hall–Kier alpha value is -1.03. The van der Waals surface area contributed by atoms with Gasteiger partial charge in [0, 0.05) is 12.0 Å². The van der Waals surface area contributed by atoms with Crippen LogP contribution in [0.2, 0.25) is 0 Å². The van der Waals surface area contributed by atoms with E-state index in [9.17, 15) is 4.79 Å². The van der Waals surface area contributed by atoms with Crippen LogP contribution in [-0.2, 0) is 4.79 Å². The third kappa shape index (κ3) is 1.02. The summed E-state index contributed by atoms with van der Waals surface area (Å²) in [5, 5.41) is 0. The van der Waals surface area contributed by atoms with Gasteiger partial charge in [0.25, 0.3) is 0 Å². The summed E-state index contributed by atoms with van der Waals surface area (Å²) in [6.07, 6.45) is 7.27. The maximum atomic E-state index is 10.7. The van der Waals surface area contributed by atoms with E-state index in [1.54, 1.807) is 6.08 Å². The summed E-state index contributed by atoms with van der Waals surface area (Å²) in [6, 6.07) is 0. The standard InChI is InChI=1S/C8H8O/c1-3-7-5-8(9)4-6(7)2/h1,5-6H,4H2,2H3. The van der Waals surface area contributed by atoms with Gasteiger partial charge in [-0.2, -0.15) is 0 Å². The van der Waals surface area contributed by atoms with Crippen molar-refractivity contribution >= 4 is 5.78 Å². The van der Waals surface area contributed by atoms with E-state index in [1.807, 2.05) is 6.92 Å². The molecule has 0 spiro atoms. The molecule has 46 valence electrons. The molecular weight excluding hydrogens is 112 g/mol. The van der Waals surface area contributed by atoms with Gasteiger partial charge >= 0.3 is 0 Å². The molecule has 9 heavy (non-hydrogen) atoms. The van der Waals surface area contributed by atoms with Crippen LogP contribution < -0.4 is 0 Å². The van der Waals surface area contributed by atoms with Crippen LogP contribution in [0.25, 0.3) is 0 Å². The topological polar surface area (TPSA) is 17.1 Å². The van der Waals surface area contributed by atoms with Crippen molar-refractivity contribution in [2.45, 2.75) is 13.3 Å². The van der Waals surface area contributed by atoms with Crippen molar-refractivity contribution in [3.8, 4) is 12.3 Å². The van der Waals surface area contributed by atoms with E-state index in [2.05, 4.69) is 5.92 Å². The monoisotopic (exact) mass is 120 g/mol. The smallest absolute Gasteiger partial charge is 0.157 e. The lowest BCUT2D eigenvalue weighted by Crippen LogP contribution is -1.92. The zero-order valence-corrected chi connectivity index (χ0v) is 5.35. The molecule has 0 heterocycles. The SMILES string of the molecule is C#CC1=CC(=O)CC1C. The largest absolute Gasteiger partial charge is 0.295 e. The predicted octanol–water partition coefficient (Wildman–Crippen LogP) is 1.15. The molecule has 1 aliphatic rings. The van der Waals surface area contributed by atoms with E-state index < -0.39 is 0 Å². The highest BCUT2D eigenvalue weighted by atomic mass is 16.1. The molecule has 0 amide bonds. The highest BCUT2D eigenvalue weighted by molar-refractivity contribution is 5.94. The van der Waals surface area contributed by atoms with E-state index in [0.29, 0.717) is 6.42 Å². The second kappa shape index (κ2) is 2.06. The molecule has 1 nitrogen and oxygen atoms in total. The lowest BCUT2D eigenvalue weighted by molar-refractivity contribution is -0.114. The molecule has 0 saturated heterocycles. The maximum Gasteiger partial charge on any atom is 0.157 e. The second-order valence-corrected chi connectivity index (χ2v) is 2.32. The minimum Gasteiger partial charge on any atom is -0.295 e. The van der Waals surface area contributed by atoms with Gasteiger partial charge in [-0.1, -0.05) is 12.8 Å². The molecule has 1 heteroatoms. The van der Waals surface area contributed by atoms with Crippen LogP contribution in [0.15, 0.2) is 11.6 Å². The van der Waals surface area contributed by atoms with Gasteiger partial charge in [-0.15, -0.1) is 6.42 Å². The van der Waals surface area contributed by atoms with Gasteiger partial charge in [-0.05, 0) is 12.0 Å². The molecule has 0 fully saturated rings. The Morgan fingerprint density at radius 1 is 1.89 bits per heavy atom. The highest BCUT2D eigenvalue weighted by Crippen LogP contribution is 2.21. The number of rotatable bonds is 0. The molecule has 0 aliphatic heterocycles. The van der Waals surface area contributed by atoms with Crippen molar-refractivity contribution in [3.05, 3.63) is 11.6 Å². The molecule has 0 N–H and O–H groups in total. The number of hydrogen-bond acceptors (Lipinski definition) is 1. The van der Waals surface area contributed by atoms with Crippen LogP contribution in [0.5, 0.6) is 0 Å². The van der Waals surface area contributed by atoms with Gasteiger partial charge in [0.2, 0.25) is 0 Å². The molecule has 0 aromatic carbocycles. The third-order valence-electron chi connectivity index (χ3n) is 1.52. The first-order valence-electron chi connectivity index (χ1n) is 2.95. The van der Waals surface area contributed by atoms with Crippen molar-refractivity contribution in [2.24, 2.45) is 5.92 Å². The Bertz CT molecular complexity index is 205. The molecule has 0 saturated carbocycles. The lowest BCUT2D eigenvalue weighted by atomic mass is 10.1. The molecule has 1 unspecified atom stereocenters. The van der Waals surface area contributed by atoms with E-state index >= 15 is 0 Å². The fourth-order valence-electron chi connectivity index (χ4n) is 0.970. The van der Waals surface area contributed by atoms with Crippen molar-refractivity contribution in [3.63, 3.8) is 0 Å². The Balaban J connectivity index is 2.84. The zero-order valence-electron chi connectivity index (χ0n) is 5.35. The Morgan fingerprint density at radius 2 is 2.56 bits per heavy atom. The van der Waals surface area contributed by atoms with Gasteiger partial charge < -0.3 is 0 Å². The molecular formula is C8H8O. The number of carbonyl (C=O) groups is 1. The third-order valence-corrected chi connectivity index (χ3v) is 1.52. The number of carbonyl (C=O) groups excluding carboxylic acids is 1. The summed E-state index contributed by atoms with van der Waals surface area (Å²) < 4.78 is 0. The van der Waals surface area contributed by atoms with Crippen LogP contribution in [0.3, 0.4) is 0 Å². The van der Waals surface area contributed by atoms with Crippen molar-refractivity contribution in [2.75, 3.05) is 0 Å². The molecule has 0 aromatic heterocycles. The molecule has 1 rings (SSSR count). The minimum atomic E-state index is 0.162. The van der Waals surface area contributed by atoms with Crippen molar-refractivity contribution in [1.29, 1.82) is 0 Å². The van der Waals surface area contributed by atoms with Crippen molar-refractivity contribution in [1.82, 2.24) is 0 Å². The van der Waals surface area contributed by atoms with Crippen LogP contribution in [-0.4, -0.2) is 5.78 Å². The molecule has 0 aromatic rings. The summed E-state index contributed by atoms with van der Waals surface area (Å²) in [6.45, 7) is 1.97. The van der Waals surface area contributed by atoms with Gasteiger partial charge in [-0.3, -0.25) is 4.79 Å². The summed E-state index contributed by atoms with van der Waals surface area (Å²) in [5.74, 6) is 2.93. The normalized spacial score (nSPS) is 25.6. The summed E-state index contributed by atoms with van der Waals surface area (Å²) >= 11 is 0. The number of hydrogen-bond donors (Lipinski definition) is 0.